The number of nitrogens with one attached hydrogen (secondary N) is 1. The van der Waals surface area contributed by atoms with Crippen LogP contribution in [-0.2, 0) is 6.54 Å². The monoisotopic (exact) mass is 304 g/mol. The van der Waals surface area contributed by atoms with Gasteiger partial charge in [-0.05, 0) is 19.1 Å². The lowest BCUT2D eigenvalue weighted by Gasteiger charge is -2.07. The fraction of sp³-hybridized carbons (Fsp3) is 0.154. The van der Waals surface area contributed by atoms with Crippen LogP contribution in [-0.4, -0.2) is 19.4 Å². The molecular weight excluding hydrogens is 292 g/mol. The first-order valence-corrected chi connectivity index (χ1v) is 7.06. The quantitative estimate of drug-likeness (QED) is 0.439. The van der Waals surface area contributed by atoms with Gasteiger partial charge in [-0.3, -0.25) is 14.5 Å². The molecule has 2 heterocycles. The third-order valence-electron chi connectivity index (χ3n) is 3.19. The number of anilines is 1. The van der Waals surface area contributed by atoms with Crippen LogP contribution < -0.4 is 5.32 Å². The molecule has 0 radical (unpaired) electrons. The van der Waals surface area contributed by atoms with Gasteiger partial charge in [0.1, 0.15) is 11.4 Å². The highest BCUT2D eigenvalue weighted by atomic mass is 32.1. The van der Waals surface area contributed by atoms with Crippen molar-refractivity contribution >= 4 is 27.7 Å². The van der Waals surface area contributed by atoms with Crippen LogP contribution in [0.15, 0.2) is 29.8 Å². The topological polar surface area (TPSA) is 92.7 Å². The lowest BCUT2D eigenvalue weighted by atomic mass is 10.2. The van der Waals surface area contributed by atoms with Gasteiger partial charge in [0.2, 0.25) is 0 Å². The van der Waals surface area contributed by atoms with Gasteiger partial charge in [0, 0.05) is 11.6 Å². The number of fused-ring (bicyclic) bond motifs is 1. The van der Waals surface area contributed by atoms with E-state index in [0.29, 0.717) is 12.2 Å². The van der Waals surface area contributed by atoms with Crippen LogP contribution >= 0.6 is 11.3 Å². The summed E-state index contributed by atoms with van der Waals surface area (Å²) < 4.78 is 1.96. The molecule has 0 saturated carbocycles. The third-order valence-corrected chi connectivity index (χ3v) is 3.94. The number of hydrogen-bond donors (Lipinski definition) is 2. The van der Waals surface area contributed by atoms with Crippen LogP contribution in [0.3, 0.4) is 0 Å². The van der Waals surface area contributed by atoms with E-state index in [1.165, 1.54) is 23.5 Å². The molecule has 0 fully saturated rings. The van der Waals surface area contributed by atoms with Gasteiger partial charge in [0.25, 0.3) is 5.69 Å². The van der Waals surface area contributed by atoms with E-state index >= 15 is 0 Å². The summed E-state index contributed by atoms with van der Waals surface area (Å²) in [6.45, 7) is 2.32. The first kappa shape index (κ1) is 13.4. The van der Waals surface area contributed by atoms with Gasteiger partial charge in [-0.25, -0.2) is 4.98 Å². The summed E-state index contributed by atoms with van der Waals surface area (Å²) in [6.07, 6.45) is 1.92. The Balaban J connectivity index is 1.90. The summed E-state index contributed by atoms with van der Waals surface area (Å²) in [7, 11) is 0. The highest BCUT2D eigenvalue weighted by molar-refractivity contribution is 7.15. The number of hydrogen-bond acceptors (Lipinski definition) is 6. The Hall–Kier alpha value is -2.61. The number of nitro groups is 1. The lowest BCUT2D eigenvalue weighted by Crippen LogP contribution is -2.05. The fourth-order valence-corrected chi connectivity index (χ4v) is 2.93. The number of imidazole rings is 1. The number of phenolic OH excluding ortho intramolecular Hbond substituents is 1. The van der Waals surface area contributed by atoms with Crippen molar-refractivity contribution in [2.75, 3.05) is 5.32 Å². The first-order valence-electron chi connectivity index (χ1n) is 6.18. The maximum Gasteiger partial charge on any atom is 0.296 e. The Morgan fingerprint density at radius 1 is 1.52 bits per heavy atom. The second-order valence-electron chi connectivity index (χ2n) is 4.51. The normalized spacial score (nSPS) is 10.9. The van der Waals surface area contributed by atoms with Crippen molar-refractivity contribution in [2.45, 2.75) is 13.5 Å². The second kappa shape index (κ2) is 5.06. The summed E-state index contributed by atoms with van der Waals surface area (Å²) in [4.78, 5) is 15.8. The average Bonchev–Trinajstić information content (AvgIpc) is 2.98. The maximum atomic E-state index is 11.0. The van der Waals surface area contributed by atoms with Crippen molar-refractivity contribution in [3.63, 3.8) is 0 Å². The molecule has 0 spiro atoms. The molecule has 3 aromatic rings. The standard InChI is InChI=1S/C13H12N4O3S/c1-8-12(16-4-5-21-13(16)15-8)7-14-10-3-2-9(18)6-11(10)17(19)20/h2-6,14,18H,7H2,1H3. The number of phenols is 1. The molecule has 0 atom stereocenters. The second-order valence-corrected chi connectivity index (χ2v) is 5.38. The van der Waals surface area contributed by atoms with Crippen LogP contribution in [0.4, 0.5) is 11.4 Å². The van der Waals surface area contributed by atoms with Crippen molar-refractivity contribution in [2.24, 2.45) is 0 Å². The Bertz CT molecular complexity index is 824. The molecule has 3 rings (SSSR count). The zero-order valence-corrected chi connectivity index (χ0v) is 11.9. The van der Waals surface area contributed by atoms with E-state index in [1.807, 2.05) is 22.9 Å². The predicted octanol–water partition coefficient (Wildman–Crippen LogP) is 2.93. The molecule has 21 heavy (non-hydrogen) atoms. The van der Waals surface area contributed by atoms with Crippen molar-refractivity contribution < 1.29 is 10.0 Å². The molecule has 0 aliphatic carbocycles. The molecule has 108 valence electrons. The summed E-state index contributed by atoms with van der Waals surface area (Å²) in [5, 5.41) is 25.3. The van der Waals surface area contributed by atoms with Gasteiger partial charge in [0.15, 0.2) is 4.96 Å². The summed E-state index contributed by atoms with van der Waals surface area (Å²) >= 11 is 1.54. The average molecular weight is 304 g/mol. The van der Waals surface area contributed by atoms with Crippen LogP contribution in [0.5, 0.6) is 5.75 Å². The number of thiazole rings is 1. The van der Waals surface area contributed by atoms with Crippen molar-refractivity contribution in [3.05, 3.63) is 51.3 Å². The fourth-order valence-electron chi connectivity index (χ4n) is 2.15. The van der Waals surface area contributed by atoms with Gasteiger partial charge in [-0.1, -0.05) is 0 Å². The van der Waals surface area contributed by atoms with E-state index in [4.69, 9.17) is 0 Å². The van der Waals surface area contributed by atoms with E-state index in [2.05, 4.69) is 10.3 Å². The highest BCUT2D eigenvalue weighted by Gasteiger charge is 2.16. The zero-order chi connectivity index (χ0) is 15.0. The first-order chi connectivity index (χ1) is 10.1. The molecule has 7 nitrogen and oxygen atoms in total. The number of aromatic hydroxyl groups is 1. The molecule has 0 unspecified atom stereocenters. The Morgan fingerprint density at radius 3 is 3.10 bits per heavy atom. The predicted molar refractivity (Wildman–Crippen MR) is 79.9 cm³/mol. The molecule has 8 heteroatoms. The number of aromatic nitrogens is 2. The van der Waals surface area contributed by atoms with Crippen LogP contribution in [0.1, 0.15) is 11.4 Å². The number of nitrogens with zero attached hydrogens (tertiary/aromatic N) is 3. The zero-order valence-electron chi connectivity index (χ0n) is 11.1. The Labute approximate surface area is 123 Å². The molecule has 0 bridgehead atoms. The smallest absolute Gasteiger partial charge is 0.296 e. The minimum Gasteiger partial charge on any atom is -0.508 e. The van der Waals surface area contributed by atoms with Crippen LogP contribution in [0, 0.1) is 17.0 Å². The van der Waals surface area contributed by atoms with Gasteiger partial charge in [-0.2, -0.15) is 0 Å². The molecule has 0 saturated heterocycles. The van der Waals surface area contributed by atoms with Crippen LogP contribution in [0.2, 0.25) is 0 Å². The highest BCUT2D eigenvalue weighted by Crippen LogP contribution is 2.29. The minimum atomic E-state index is -0.522. The number of rotatable bonds is 4. The van der Waals surface area contributed by atoms with Crippen LogP contribution in [0.25, 0.3) is 4.96 Å². The number of nitro benzene ring substituents is 1. The Morgan fingerprint density at radius 2 is 2.33 bits per heavy atom. The van der Waals surface area contributed by atoms with E-state index in [9.17, 15) is 15.2 Å². The summed E-state index contributed by atoms with van der Waals surface area (Å²) in [6, 6.07) is 4.04. The summed E-state index contributed by atoms with van der Waals surface area (Å²) in [5.41, 5.74) is 2.05. The van der Waals surface area contributed by atoms with Gasteiger partial charge in [-0.15, -0.1) is 11.3 Å². The van der Waals surface area contributed by atoms with Gasteiger partial charge in [0.05, 0.1) is 28.9 Å². The number of aryl methyl sites for hydroxylation is 1. The number of benzene rings is 1. The van der Waals surface area contributed by atoms with E-state index < -0.39 is 4.92 Å². The molecular formula is C13H12N4O3S. The third kappa shape index (κ3) is 2.40. The van der Waals surface area contributed by atoms with Crippen molar-refractivity contribution in [1.29, 1.82) is 0 Å². The Kier molecular flexibility index (Phi) is 3.22. The van der Waals surface area contributed by atoms with Crippen molar-refractivity contribution in [1.82, 2.24) is 9.38 Å². The van der Waals surface area contributed by atoms with Gasteiger partial charge < -0.3 is 10.4 Å². The van der Waals surface area contributed by atoms with Gasteiger partial charge >= 0.3 is 0 Å². The van der Waals surface area contributed by atoms with E-state index in [0.717, 1.165) is 22.4 Å². The van der Waals surface area contributed by atoms with E-state index in [1.54, 1.807) is 0 Å². The van der Waals surface area contributed by atoms with E-state index in [-0.39, 0.29) is 11.4 Å². The molecule has 0 amide bonds. The maximum absolute atomic E-state index is 11.0. The van der Waals surface area contributed by atoms with Crippen molar-refractivity contribution in [3.8, 4) is 5.75 Å². The SMILES string of the molecule is Cc1nc2sccn2c1CNc1ccc(O)cc1[N+](=O)[O-]. The lowest BCUT2D eigenvalue weighted by molar-refractivity contribution is -0.384. The molecule has 0 aliphatic heterocycles. The molecule has 2 N–H and O–H groups in total. The summed E-state index contributed by atoms with van der Waals surface area (Å²) in [5.74, 6) is -0.131. The molecule has 2 aromatic heterocycles. The molecule has 1 aromatic carbocycles. The molecule has 0 aliphatic rings. The minimum absolute atomic E-state index is 0.131. The largest absolute Gasteiger partial charge is 0.508 e.